The molecular formula is C10H8N2O2S. The van der Waals surface area contributed by atoms with Gasteiger partial charge in [-0.15, -0.1) is 6.42 Å². The second-order valence-corrected chi connectivity index (χ2v) is 3.26. The summed E-state index contributed by atoms with van der Waals surface area (Å²) in [4.78, 5) is 22.8. The third-order valence-electron chi connectivity index (χ3n) is 1.94. The van der Waals surface area contributed by atoms with Crippen LogP contribution < -0.4 is 5.73 Å². The van der Waals surface area contributed by atoms with Crippen molar-refractivity contribution in [2.24, 2.45) is 11.7 Å². The lowest BCUT2D eigenvalue weighted by Crippen LogP contribution is -2.31. The maximum atomic E-state index is 10.7. The predicted molar refractivity (Wildman–Crippen MR) is 59.2 cm³/mol. The van der Waals surface area contributed by atoms with Crippen molar-refractivity contribution >= 4 is 29.9 Å². The third-order valence-corrected chi connectivity index (χ3v) is 2.15. The van der Waals surface area contributed by atoms with Gasteiger partial charge in [-0.1, -0.05) is 5.92 Å². The summed E-state index contributed by atoms with van der Waals surface area (Å²) in [5.41, 5.74) is 5.95. The zero-order chi connectivity index (χ0) is 11.4. The average Bonchev–Trinajstić information content (AvgIpc) is 2.26. The minimum Gasteiger partial charge on any atom is -0.376 e. The van der Waals surface area contributed by atoms with Crippen LogP contribution in [0.15, 0.2) is 23.5 Å². The van der Waals surface area contributed by atoms with Crippen molar-refractivity contribution in [2.45, 2.75) is 0 Å². The van der Waals surface area contributed by atoms with Gasteiger partial charge in [-0.25, -0.2) is 0 Å². The van der Waals surface area contributed by atoms with Crippen molar-refractivity contribution in [3.63, 3.8) is 0 Å². The lowest BCUT2D eigenvalue weighted by Gasteiger charge is -2.23. The summed E-state index contributed by atoms with van der Waals surface area (Å²) in [5, 5.41) is 0.0455. The van der Waals surface area contributed by atoms with Gasteiger partial charge in [0.25, 0.3) is 0 Å². The largest absolute Gasteiger partial charge is 0.376 e. The molecule has 0 aromatic carbocycles. The van der Waals surface area contributed by atoms with E-state index in [1.165, 1.54) is 17.3 Å². The number of thiocarbonyl (C=S) groups is 1. The number of carbonyl (C=O) groups is 2. The number of allylic oxidation sites excluding steroid dienone is 2. The van der Waals surface area contributed by atoms with Gasteiger partial charge >= 0.3 is 0 Å². The number of hydrogen-bond acceptors (Lipinski definition) is 3. The molecule has 0 saturated carbocycles. The van der Waals surface area contributed by atoms with Crippen LogP contribution >= 0.6 is 12.2 Å². The molecule has 1 aliphatic rings. The fourth-order valence-corrected chi connectivity index (χ4v) is 1.32. The van der Waals surface area contributed by atoms with E-state index < -0.39 is 5.92 Å². The lowest BCUT2D eigenvalue weighted by molar-refractivity contribution is -0.105. The Hall–Kier alpha value is -1.93. The first-order valence-electron chi connectivity index (χ1n) is 4.01. The Bertz CT molecular complexity index is 392. The molecule has 1 rings (SSSR count). The van der Waals surface area contributed by atoms with Gasteiger partial charge in [-0.2, -0.15) is 0 Å². The minimum atomic E-state index is -0.620. The quantitative estimate of drug-likeness (QED) is 0.402. The molecule has 0 unspecified atom stereocenters. The van der Waals surface area contributed by atoms with Gasteiger partial charge in [-0.3, -0.25) is 9.59 Å². The number of rotatable bonds is 2. The minimum absolute atomic E-state index is 0.0455. The van der Waals surface area contributed by atoms with Gasteiger partial charge in [0.2, 0.25) is 0 Å². The fourth-order valence-electron chi connectivity index (χ4n) is 1.22. The van der Waals surface area contributed by atoms with Crippen molar-refractivity contribution in [3.8, 4) is 12.3 Å². The monoisotopic (exact) mass is 220 g/mol. The van der Waals surface area contributed by atoms with Crippen LogP contribution in [0.2, 0.25) is 0 Å². The standard InChI is InChI=1S/C10H8N2O2S/c1-2-9-7(5-13)3-12(10(11)15)4-8(9)6-14/h1,3-6,9H,(H2,11,15). The predicted octanol–water partition coefficient (Wildman–Crippen LogP) is -0.0394. The molecule has 5 heteroatoms. The molecule has 0 aromatic rings. The summed E-state index contributed by atoms with van der Waals surface area (Å²) in [6, 6.07) is 0. The molecule has 0 aliphatic carbocycles. The van der Waals surface area contributed by atoms with E-state index in [9.17, 15) is 9.59 Å². The van der Waals surface area contributed by atoms with Crippen LogP contribution in [-0.4, -0.2) is 22.6 Å². The van der Waals surface area contributed by atoms with Crippen LogP contribution in [0.1, 0.15) is 0 Å². The van der Waals surface area contributed by atoms with E-state index in [4.69, 9.17) is 24.4 Å². The van der Waals surface area contributed by atoms with Crippen LogP contribution in [0.3, 0.4) is 0 Å². The molecule has 0 aromatic heterocycles. The zero-order valence-corrected chi connectivity index (χ0v) is 8.53. The normalized spacial score (nSPS) is 16.1. The Kier molecular flexibility index (Phi) is 3.37. The van der Waals surface area contributed by atoms with Crippen molar-refractivity contribution in [1.29, 1.82) is 0 Å². The molecule has 1 aliphatic heterocycles. The fraction of sp³-hybridized carbons (Fsp3) is 0.100. The number of aldehydes is 2. The van der Waals surface area contributed by atoms with Crippen LogP contribution in [0.25, 0.3) is 0 Å². The maximum Gasteiger partial charge on any atom is 0.174 e. The smallest absolute Gasteiger partial charge is 0.174 e. The van der Waals surface area contributed by atoms with Crippen molar-refractivity contribution in [1.82, 2.24) is 4.90 Å². The first-order valence-corrected chi connectivity index (χ1v) is 4.42. The van der Waals surface area contributed by atoms with Crippen molar-refractivity contribution in [3.05, 3.63) is 23.5 Å². The van der Waals surface area contributed by atoms with Crippen LogP contribution in [0, 0.1) is 18.3 Å². The number of nitrogens with two attached hydrogens (primary N) is 1. The van der Waals surface area contributed by atoms with E-state index in [-0.39, 0.29) is 16.3 Å². The molecule has 0 saturated heterocycles. The first-order chi connectivity index (χ1) is 7.13. The van der Waals surface area contributed by atoms with Gasteiger partial charge in [0.05, 0.1) is 5.92 Å². The second-order valence-electron chi connectivity index (χ2n) is 2.84. The molecule has 0 atom stereocenters. The summed E-state index contributed by atoms with van der Waals surface area (Å²) < 4.78 is 0. The molecule has 15 heavy (non-hydrogen) atoms. The highest BCUT2D eigenvalue weighted by molar-refractivity contribution is 7.80. The number of hydrogen-bond donors (Lipinski definition) is 1. The van der Waals surface area contributed by atoms with Gasteiger partial charge < -0.3 is 10.6 Å². The first kappa shape index (κ1) is 11.1. The topological polar surface area (TPSA) is 63.4 Å². The molecule has 76 valence electrons. The highest BCUT2D eigenvalue weighted by atomic mass is 32.1. The van der Waals surface area contributed by atoms with Crippen LogP contribution in [0.4, 0.5) is 0 Å². The molecule has 0 spiro atoms. The Morgan fingerprint density at radius 1 is 1.47 bits per heavy atom. The van der Waals surface area contributed by atoms with E-state index in [1.807, 2.05) is 0 Å². The summed E-state index contributed by atoms with van der Waals surface area (Å²) in [6.45, 7) is 0. The SMILES string of the molecule is C#CC1C(C=O)=CN(C(N)=S)C=C1C=O. The second kappa shape index (κ2) is 4.53. The van der Waals surface area contributed by atoms with Gasteiger partial charge in [0.15, 0.2) is 5.11 Å². The Labute approximate surface area is 92.4 Å². The highest BCUT2D eigenvalue weighted by Crippen LogP contribution is 2.22. The number of carbonyl (C=O) groups excluding carboxylic acids is 2. The number of nitrogens with zero attached hydrogens (tertiary/aromatic N) is 1. The molecule has 0 amide bonds. The van der Waals surface area contributed by atoms with Gasteiger partial charge in [-0.05, 0) is 12.2 Å². The summed E-state index contributed by atoms with van der Waals surface area (Å²) in [7, 11) is 0. The maximum absolute atomic E-state index is 10.7. The molecular weight excluding hydrogens is 212 g/mol. The molecule has 2 N–H and O–H groups in total. The van der Waals surface area contributed by atoms with Crippen LogP contribution in [-0.2, 0) is 9.59 Å². The van der Waals surface area contributed by atoms with E-state index >= 15 is 0 Å². The highest BCUT2D eigenvalue weighted by Gasteiger charge is 2.22. The van der Waals surface area contributed by atoms with Gasteiger partial charge in [0, 0.05) is 23.5 Å². The van der Waals surface area contributed by atoms with E-state index in [1.54, 1.807) is 0 Å². The Morgan fingerprint density at radius 2 is 1.93 bits per heavy atom. The average molecular weight is 220 g/mol. The van der Waals surface area contributed by atoms with Crippen LogP contribution in [0.5, 0.6) is 0 Å². The number of terminal acetylenes is 1. The lowest BCUT2D eigenvalue weighted by atomic mass is 9.92. The zero-order valence-electron chi connectivity index (χ0n) is 7.71. The van der Waals surface area contributed by atoms with Crippen molar-refractivity contribution < 1.29 is 9.59 Å². The Balaban J connectivity index is 3.18. The van der Waals surface area contributed by atoms with E-state index in [2.05, 4.69) is 5.92 Å². The molecule has 0 fully saturated rings. The Morgan fingerprint density at radius 3 is 2.20 bits per heavy atom. The third kappa shape index (κ3) is 2.11. The van der Waals surface area contributed by atoms with Crippen molar-refractivity contribution in [2.75, 3.05) is 0 Å². The van der Waals surface area contributed by atoms with Gasteiger partial charge in [0.1, 0.15) is 12.6 Å². The molecule has 1 heterocycles. The van der Waals surface area contributed by atoms with E-state index in [0.29, 0.717) is 12.6 Å². The molecule has 0 bridgehead atoms. The van der Waals surface area contributed by atoms with E-state index in [0.717, 1.165) is 0 Å². The molecule has 0 radical (unpaired) electrons. The molecule has 4 nitrogen and oxygen atoms in total. The summed E-state index contributed by atoms with van der Waals surface area (Å²) in [6.07, 6.45) is 9.25. The summed E-state index contributed by atoms with van der Waals surface area (Å²) in [5.74, 6) is 1.74. The summed E-state index contributed by atoms with van der Waals surface area (Å²) >= 11 is 4.72.